The number of carbonyl (C=O) groups excluding carboxylic acids is 2. The van der Waals surface area contributed by atoms with E-state index in [0.717, 1.165) is 25.7 Å². The van der Waals surface area contributed by atoms with Crippen molar-refractivity contribution in [1.82, 2.24) is 4.90 Å². The molecule has 1 aliphatic rings. The van der Waals surface area contributed by atoms with Gasteiger partial charge in [-0.2, -0.15) is 0 Å². The third-order valence-corrected chi connectivity index (χ3v) is 4.34. The van der Waals surface area contributed by atoms with Crippen LogP contribution in [-0.2, 0) is 4.79 Å². The van der Waals surface area contributed by atoms with Gasteiger partial charge in [0.1, 0.15) is 6.04 Å². The second-order valence-electron chi connectivity index (χ2n) is 6.21. The highest BCUT2D eigenvalue weighted by atomic mass is 16.5. The summed E-state index contributed by atoms with van der Waals surface area (Å²) in [5, 5.41) is 0. The van der Waals surface area contributed by atoms with E-state index >= 15 is 0 Å². The summed E-state index contributed by atoms with van der Waals surface area (Å²) in [6.07, 6.45) is 4.42. The van der Waals surface area contributed by atoms with Crippen LogP contribution in [0.1, 0.15) is 56.3 Å². The minimum atomic E-state index is -0.530. The molecule has 1 atom stereocenters. The quantitative estimate of drug-likeness (QED) is 0.732. The van der Waals surface area contributed by atoms with Crippen molar-refractivity contribution in [3.63, 3.8) is 0 Å². The summed E-state index contributed by atoms with van der Waals surface area (Å²) in [6, 6.07) is 4.65. The molecule has 138 valence electrons. The van der Waals surface area contributed by atoms with Crippen molar-refractivity contribution < 1.29 is 19.1 Å². The number of piperidine rings is 1. The van der Waals surface area contributed by atoms with Gasteiger partial charge in [-0.1, -0.05) is 13.3 Å². The molecule has 25 heavy (non-hydrogen) atoms. The van der Waals surface area contributed by atoms with E-state index in [-0.39, 0.29) is 5.91 Å². The Hall–Kier alpha value is -2.24. The summed E-state index contributed by atoms with van der Waals surface area (Å²) in [7, 11) is 0. The molecule has 1 aromatic rings. The number of hydrogen-bond acceptors (Lipinski definition) is 4. The molecule has 0 bridgehead atoms. The molecule has 1 fully saturated rings. The van der Waals surface area contributed by atoms with Crippen LogP contribution in [0.15, 0.2) is 18.2 Å². The average Bonchev–Trinajstić information content (AvgIpc) is 2.62. The summed E-state index contributed by atoms with van der Waals surface area (Å²) >= 11 is 0. The van der Waals surface area contributed by atoms with Gasteiger partial charge in [0.2, 0.25) is 5.91 Å². The number of rotatable bonds is 8. The molecule has 0 aliphatic carbocycles. The maximum absolute atomic E-state index is 12.9. The summed E-state index contributed by atoms with van der Waals surface area (Å²) in [5.41, 5.74) is 5.95. The molecule has 1 unspecified atom stereocenters. The molecule has 6 heteroatoms. The predicted octanol–water partition coefficient (Wildman–Crippen LogP) is 2.74. The zero-order valence-corrected chi connectivity index (χ0v) is 15.1. The Balaban J connectivity index is 2.20. The van der Waals surface area contributed by atoms with Crippen molar-refractivity contribution in [1.29, 1.82) is 0 Å². The Labute approximate surface area is 149 Å². The highest BCUT2D eigenvalue weighted by molar-refractivity contribution is 5.98. The van der Waals surface area contributed by atoms with Crippen LogP contribution < -0.4 is 15.2 Å². The Bertz CT molecular complexity index is 603. The van der Waals surface area contributed by atoms with Crippen molar-refractivity contribution in [2.24, 2.45) is 5.73 Å². The van der Waals surface area contributed by atoms with Gasteiger partial charge in [-0.15, -0.1) is 0 Å². The molecule has 0 spiro atoms. The van der Waals surface area contributed by atoms with Gasteiger partial charge in [-0.05, 0) is 50.8 Å². The van der Waals surface area contributed by atoms with Crippen LogP contribution in [-0.4, -0.2) is 42.5 Å². The van der Waals surface area contributed by atoms with Crippen molar-refractivity contribution in [3.05, 3.63) is 23.8 Å². The Morgan fingerprint density at radius 1 is 1.20 bits per heavy atom. The lowest BCUT2D eigenvalue weighted by atomic mass is 10.00. The van der Waals surface area contributed by atoms with E-state index in [4.69, 9.17) is 15.2 Å². The smallest absolute Gasteiger partial charge is 0.254 e. The second kappa shape index (κ2) is 9.30. The van der Waals surface area contributed by atoms with Crippen molar-refractivity contribution >= 4 is 11.8 Å². The normalized spacial score (nSPS) is 17.2. The van der Waals surface area contributed by atoms with E-state index in [2.05, 4.69) is 6.92 Å². The first kappa shape index (κ1) is 19.1. The van der Waals surface area contributed by atoms with Gasteiger partial charge in [-0.25, -0.2) is 0 Å². The molecule has 1 heterocycles. The van der Waals surface area contributed by atoms with E-state index < -0.39 is 11.9 Å². The van der Waals surface area contributed by atoms with Crippen LogP contribution in [0.5, 0.6) is 11.5 Å². The Morgan fingerprint density at radius 2 is 2.00 bits per heavy atom. The number of likely N-dealkylation sites (tertiary alicyclic amines) is 1. The van der Waals surface area contributed by atoms with Gasteiger partial charge in [0.25, 0.3) is 5.91 Å². The zero-order valence-electron chi connectivity index (χ0n) is 15.1. The molecule has 1 aliphatic heterocycles. The Kier molecular flexibility index (Phi) is 7.10. The SMILES string of the molecule is CCCCOc1ccc(C(=O)N2CCCCC2C(N)=O)cc1OCC. The minimum absolute atomic E-state index is 0.190. The topological polar surface area (TPSA) is 81.9 Å². The van der Waals surface area contributed by atoms with Gasteiger partial charge < -0.3 is 20.1 Å². The van der Waals surface area contributed by atoms with E-state index in [1.165, 1.54) is 0 Å². The van der Waals surface area contributed by atoms with Gasteiger partial charge in [-0.3, -0.25) is 9.59 Å². The zero-order chi connectivity index (χ0) is 18.2. The lowest BCUT2D eigenvalue weighted by Crippen LogP contribution is -2.50. The van der Waals surface area contributed by atoms with Crippen LogP contribution in [0.4, 0.5) is 0 Å². The molecule has 6 nitrogen and oxygen atoms in total. The molecular formula is C19H28N2O4. The summed E-state index contributed by atoms with van der Waals surface area (Å²) < 4.78 is 11.4. The second-order valence-corrected chi connectivity index (χ2v) is 6.21. The van der Waals surface area contributed by atoms with E-state index in [0.29, 0.717) is 43.2 Å². The van der Waals surface area contributed by atoms with Crippen molar-refractivity contribution in [2.45, 2.75) is 52.0 Å². The molecule has 2 amide bonds. The van der Waals surface area contributed by atoms with E-state index in [1.54, 1.807) is 23.1 Å². The summed E-state index contributed by atoms with van der Waals surface area (Å²) in [4.78, 5) is 26.1. The largest absolute Gasteiger partial charge is 0.490 e. The van der Waals surface area contributed by atoms with Gasteiger partial charge in [0.15, 0.2) is 11.5 Å². The maximum Gasteiger partial charge on any atom is 0.254 e. The van der Waals surface area contributed by atoms with Gasteiger partial charge >= 0.3 is 0 Å². The molecule has 0 saturated carbocycles. The first-order valence-electron chi connectivity index (χ1n) is 9.08. The first-order chi connectivity index (χ1) is 12.1. The van der Waals surface area contributed by atoms with E-state index in [1.807, 2.05) is 6.92 Å². The van der Waals surface area contributed by atoms with Crippen LogP contribution in [0.3, 0.4) is 0 Å². The summed E-state index contributed by atoms with van der Waals surface area (Å²) in [5.74, 6) is 0.552. The highest BCUT2D eigenvalue weighted by Gasteiger charge is 2.31. The number of amides is 2. The molecule has 2 N–H and O–H groups in total. The molecule has 0 aromatic heterocycles. The van der Waals surface area contributed by atoms with Gasteiger partial charge in [0, 0.05) is 12.1 Å². The molecule has 1 saturated heterocycles. The molecule has 2 rings (SSSR count). The third-order valence-electron chi connectivity index (χ3n) is 4.34. The van der Waals surface area contributed by atoms with Crippen molar-refractivity contribution in [2.75, 3.05) is 19.8 Å². The van der Waals surface area contributed by atoms with Crippen LogP contribution >= 0.6 is 0 Å². The number of nitrogens with zero attached hydrogens (tertiary/aromatic N) is 1. The van der Waals surface area contributed by atoms with Crippen LogP contribution in [0, 0.1) is 0 Å². The summed E-state index contributed by atoms with van der Waals surface area (Å²) in [6.45, 7) is 5.63. The molecule has 0 radical (unpaired) electrons. The molecule has 1 aromatic carbocycles. The monoisotopic (exact) mass is 348 g/mol. The predicted molar refractivity (Wildman–Crippen MR) is 95.9 cm³/mol. The van der Waals surface area contributed by atoms with E-state index in [9.17, 15) is 9.59 Å². The van der Waals surface area contributed by atoms with Gasteiger partial charge in [0.05, 0.1) is 13.2 Å². The Morgan fingerprint density at radius 3 is 2.68 bits per heavy atom. The highest BCUT2D eigenvalue weighted by Crippen LogP contribution is 2.30. The third kappa shape index (κ3) is 4.87. The number of unbranched alkanes of at least 4 members (excludes halogenated alkanes) is 1. The number of carbonyl (C=O) groups is 2. The maximum atomic E-state index is 12.9. The lowest BCUT2D eigenvalue weighted by molar-refractivity contribution is -0.123. The fourth-order valence-electron chi connectivity index (χ4n) is 2.99. The molecular weight excluding hydrogens is 320 g/mol. The fraction of sp³-hybridized carbons (Fsp3) is 0.579. The minimum Gasteiger partial charge on any atom is -0.490 e. The number of primary amides is 1. The standard InChI is InChI=1S/C19H28N2O4/c1-3-5-12-25-16-10-9-14(13-17(16)24-4-2)19(23)21-11-7-6-8-15(21)18(20)22/h9-10,13,15H,3-8,11-12H2,1-2H3,(H2,20,22). The first-order valence-corrected chi connectivity index (χ1v) is 9.08. The van der Waals surface area contributed by atoms with Crippen LogP contribution in [0.25, 0.3) is 0 Å². The number of benzene rings is 1. The number of hydrogen-bond donors (Lipinski definition) is 1. The average molecular weight is 348 g/mol. The van der Waals surface area contributed by atoms with Crippen molar-refractivity contribution in [3.8, 4) is 11.5 Å². The number of ether oxygens (including phenoxy) is 2. The fourth-order valence-corrected chi connectivity index (χ4v) is 2.99. The number of nitrogens with two attached hydrogens (primary N) is 1. The van der Waals surface area contributed by atoms with Crippen LogP contribution in [0.2, 0.25) is 0 Å². The lowest BCUT2D eigenvalue weighted by Gasteiger charge is -2.33.